The molecule has 9 heteroatoms. The molecule has 0 saturated carbocycles. The molecule has 2 aromatic heterocycles. The molecule has 2 unspecified atom stereocenters. The maximum atomic E-state index is 12.8. The quantitative estimate of drug-likeness (QED) is 0.632. The molecule has 7 nitrogen and oxygen atoms in total. The summed E-state index contributed by atoms with van der Waals surface area (Å²) in [5.41, 5.74) is 1.60. The zero-order valence-corrected chi connectivity index (χ0v) is 19.7. The number of benzene rings is 1. The predicted molar refractivity (Wildman–Crippen MR) is 125 cm³/mol. The Kier molecular flexibility index (Phi) is 6.27. The molecule has 3 aromatic rings. The number of fused-ring (bicyclic) bond motifs is 1. The van der Waals surface area contributed by atoms with Gasteiger partial charge in [0, 0.05) is 39.3 Å². The Balaban J connectivity index is 1.35. The van der Waals surface area contributed by atoms with Gasteiger partial charge in [-0.05, 0) is 37.6 Å². The van der Waals surface area contributed by atoms with E-state index in [0.717, 1.165) is 20.2 Å². The molecule has 1 aromatic carbocycles. The first kappa shape index (κ1) is 21.7. The van der Waals surface area contributed by atoms with E-state index in [1.165, 1.54) is 11.3 Å². The average molecular weight is 459 g/mol. The largest absolute Gasteiger partial charge is 0.372 e. The molecule has 164 valence electrons. The van der Waals surface area contributed by atoms with Crippen LogP contribution in [0.15, 0.2) is 30.3 Å². The summed E-state index contributed by atoms with van der Waals surface area (Å²) in [6.07, 6.45) is 0.0822. The molecule has 4 rings (SSSR count). The zero-order valence-electron chi connectivity index (χ0n) is 18.0. The van der Waals surface area contributed by atoms with Crippen LogP contribution in [0.5, 0.6) is 0 Å². The second kappa shape index (κ2) is 8.94. The number of hydrogen-bond donors (Lipinski definition) is 1. The fourth-order valence-corrected chi connectivity index (χ4v) is 5.64. The molecule has 1 aliphatic rings. The van der Waals surface area contributed by atoms with E-state index in [1.807, 2.05) is 68.1 Å². The Hall–Kier alpha value is -2.49. The molecule has 1 N–H and O–H groups in total. The van der Waals surface area contributed by atoms with E-state index in [4.69, 9.17) is 4.74 Å². The van der Waals surface area contributed by atoms with Crippen LogP contribution in [0.1, 0.15) is 39.4 Å². The summed E-state index contributed by atoms with van der Waals surface area (Å²) in [4.78, 5) is 35.2. The van der Waals surface area contributed by atoms with Gasteiger partial charge in [-0.25, -0.2) is 4.98 Å². The van der Waals surface area contributed by atoms with Crippen molar-refractivity contribution in [3.63, 3.8) is 0 Å². The van der Waals surface area contributed by atoms with Gasteiger partial charge in [-0.15, -0.1) is 11.3 Å². The Morgan fingerprint density at radius 3 is 2.45 bits per heavy atom. The van der Waals surface area contributed by atoms with Crippen LogP contribution in [-0.4, -0.2) is 61.1 Å². The third-order valence-corrected chi connectivity index (χ3v) is 7.37. The van der Waals surface area contributed by atoms with Crippen LogP contribution in [0.4, 0.5) is 5.13 Å². The predicted octanol–water partition coefficient (Wildman–Crippen LogP) is 3.60. The first-order valence-electron chi connectivity index (χ1n) is 10.2. The number of hydrogen-bond acceptors (Lipinski definition) is 7. The fourth-order valence-electron chi connectivity index (χ4n) is 3.59. The Morgan fingerprint density at radius 2 is 1.84 bits per heavy atom. The molecule has 0 aliphatic carbocycles. The second-order valence-electron chi connectivity index (χ2n) is 8.02. The summed E-state index contributed by atoms with van der Waals surface area (Å²) < 4.78 is 6.73. The molecule has 0 radical (unpaired) electrons. The maximum Gasteiger partial charge on any atom is 0.261 e. The lowest BCUT2D eigenvalue weighted by Gasteiger charge is -2.35. The highest BCUT2D eigenvalue weighted by atomic mass is 32.1. The van der Waals surface area contributed by atoms with Crippen LogP contribution < -0.4 is 10.2 Å². The number of morpholine rings is 1. The van der Waals surface area contributed by atoms with Gasteiger partial charge in [0.25, 0.3) is 11.8 Å². The van der Waals surface area contributed by atoms with E-state index in [0.29, 0.717) is 30.1 Å². The van der Waals surface area contributed by atoms with Gasteiger partial charge in [0.2, 0.25) is 0 Å². The number of thiazole rings is 1. The Morgan fingerprint density at radius 1 is 1.16 bits per heavy atom. The topological polar surface area (TPSA) is 74.8 Å². The van der Waals surface area contributed by atoms with Crippen LogP contribution in [0.25, 0.3) is 9.53 Å². The maximum absolute atomic E-state index is 12.8. The number of carbonyl (C=O) groups excluding carboxylic acids is 2. The van der Waals surface area contributed by atoms with Crippen LogP contribution in [0.2, 0.25) is 0 Å². The average Bonchev–Trinajstić information content (AvgIpc) is 3.31. The fraction of sp³-hybridized carbons (Fsp3) is 0.409. The van der Waals surface area contributed by atoms with Crippen molar-refractivity contribution in [1.82, 2.24) is 15.2 Å². The summed E-state index contributed by atoms with van der Waals surface area (Å²) in [5, 5.41) is 3.89. The van der Waals surface area contributed by atoms with Crippen molar-refractivity contribution in [2.45, 2.75) is 32.6 Å². The van der Waals surface area contributed by atoms with Gasteiger partial charge in [0.1, 0.15) is 4.83 Å². The SMILES string of the molecule is CC1CN(C(=O)c2ccc(CNC(=O)c3cc4sc(N(C)C)nc4s3)cc2)CC(C)O1. The monoisotopic (exact) mass is 458 g/mol. The molecule has 2 amide bonds. The number of rotatable bonds is 5. The second-order valence-corrected chi connectivity index (χ2v) is 10.1. The van der Waals surface area contributed by atoms with Crippen molar-refractivity contribution in [3.05, 3.63) is 46.3 Å². The van der Waals surface area contributed by atoms with Gasteiger partial charge in [-0.3, -0.25) is 9.59 Å². The molecule has 3 heterocycles. The Labute approximate surface area is 189 Å². The van der Waals surface area contributed by atoms with Crippen LogP contribution in [0, 0.1) is 0 Å². The van der Waals surface area contributed by atoms with Gasteiger partial charge in [0.05, 0.1) is 21.8 Å². The van der Waals surface area contributed by atoms with Gasteiger partial charge in [0.15, 0.2) is 5.13 Å². The Bertz CT molecular complexity index is 1050. The first-order chi connectivity index (χ1) is 14.8. The van der Waals surface area contributed by atoms with E-state index >= 15 is 0 Å². The lowest BCUT2D eigenvalue weighted by atomic mass is 10.1. The van der Waals surface area contributed by atoms with Crippen molar-refractivity contribution in [2.24, 2.45) is 0 Å². The minimum atomic E-state index is -0.113. The molecule has 2 atom stereocenters. The van der Waals surface area contributed by atoms with Gasteiger partial charge in [-0.1, -0.05) is 23.5 Å². The molecule has 0 spiro atoms. The molecule has 1 saturated heterocycles. The van der Waals surface area contributed by atoms with E-state index in [-0.39, 0.29) is 24.0 Å². The standard InChI is InChI=1S/C22H26N4O3S2/c1-13-11-26(12-14(2)29-13)21(28)16-7-5-15(6-8-16)10-23-19(27)17-9-18-20(30-17)24-22(31-18)25(3)4/h5-9,13-14H,10-12H2,1-4H3,(H,23,27). The van der Waals surface area contributed by atoms with Crippen LogP contribution >= 0.6 is 22.7 Å². The number of thiophene rings is 1. The number of anilines is 1. The summed E-state index contributed by atoms with van der Waals surface area (Å²) in [6, 6.07) is 9.31. The highest BCUT2D eigenvalue weighted by Crippen LogP contribution is 2.33. The van der Waals surface area contributed by atoms with E-state index in [2.05, 4.69) is 10.3 Å². The summed E-state index contributed by atoms with van der Waals surface area (Å²) in [7, 11) is 3.91. The number of amides is 2. The summed E-state index contributed by atoms with van der Waals surface area (Å²) in [5.74, 6) is -0.0983. The van der Waals surface area contributed by atoms with Crippen molar-refractivity contribution in [2.75, 3.05) is 32.1 Å². The molecule has 31 heavy (non-hydrogen) atoms. The highest BCUT2D eigenvalue weighted by molar-refractivity contribution is 7.29. The van der Waals surface area contributed by atoms with E-state index < -0.39 is 0 Å². The van der Waals surface area contributed by atoms with E-state index in [9.17, 15) is 9.59 Å². The first-order valence-corrected chi connectivity index (χ1v) is 11.8. The molecule has 1 fully saturated rings. The minimum absolute atomic E-state index is 0.0147. The highest BCUT2D eigenvalue weighted by Gasteiger charge is 2.26. The number of aromatic nitrogens is 1. The van der Waals surface area contributed by atoms with Crippen molar-refractivity contribution < 1.29 is 14.3 Å². The van der Waals surface area contributed by atoms with E-state index in [1.54, 1.807) is 11.3 Å². The van der Waals surface area contributed by atoms with Crippen LogP contribution in [-0.2, 0) is 11.3 Å². The zero-order chi connectivity index (χ0) is 22.1. The van der Waals surface area contributed by atoms with Crippen molar-refractivity contribution in [1.29, 1.82) is 0 Å². The third-order valence-electron chi connectivity index (χ3n) is 5.05. The van der Waals surface area contributed by atoms with Gasteiger partial charge < -0.3 is 19.9 Å². The third kappa shape index (κ3) is 4.89. The number of nitrogens with zero attached hydrogens (tertiary/aromatic N) is 3. The van der Waals surface area contributed by atoms with Gasteiger partial charge in [-0.2, -0.15) is 0 Å². The molecule has 0 bridgehead atoms. The van der Waals surface area contributed by atoms with Gasteiger partial charge >= 0.3 is 0 Å². The van der Waals surface area contributed by atoms with Crippen LogP contribution in [0.3, 0.4) is 0 Å². The lowest BCUT2D eigenvalue weighted by Crippen LogP contribution is -2.48. The summed E-state index contributed by atoms with van der Waals surface area (Å²) >= 11 is 2.98. The summed E-state index contributed by atoms with van der Waals surface area (Å²) in [6.45, 7) is 5.57. The minimum Gasteiger partial charge on any atom is -0.372 e. The van der Waals surface area contributed by atoms with Crippen molar-refractivity contribution >= 4 is 49.1 Å². The van der Waals surface area contributed by atoms with Crippen molar-refractivity contribution in [3.8, 4) is 0 Å². The number of ether oxygens (including phenoxy) is 1. The lowest BCUT2D eigenvalue weighted by molar-refractivity contribution is -0.0586. The number of nitrogens with one attached hydrogen (secondary N) is 1. The molecular weight excluding hydrogens is 432 g/mol. The number of carbonyl (C=O) groups is 2. The smallest absolute Gasteiger partial charge is 0.261 e. The normalized spacial score (nSPS) is 18.9. The molecule has 1 aliphatic heterocycles. The molecular formula is C22H26N4O3S2.